The number of benzene rings is 2. The molecule has 0 radical (unpaired) electrons. The Bertz CT molecular complexity index is 617. The highest BCUT2D eigenvalue weighted by Crippen LogP contribution is 2.24. The van der Waals surface area contributed by atoms with E-state index in [4.69, 9.17) is 0 Å². The number of hydrogen-bond acceptors (Lipinski definition) is 1. The summed E-state index contributed by atoms with van der Waals surface area (Å²) >= 11 is 5.94. The molecule has 6 heteroatoms. The van der Waals surface area contributed by atoms with E-state index in [0.29, 0.717) is 10.0 Å². The largest absolute Gasteiger partial charge is 0.379 e. The maximum Gasteiger partial charge on any atom is 0.147 e. The lowest BCUT2D eigenvalue weighted by Gasteiger charge is -2.09. The molecule has 1 N–H and O–H groups in total. The first-order valence-corrected chi connectivity index (χ1v) is 6.88. The topological polar surface area (TPSA) is 12.0 Å². The van der Waals surface area contributed by atoms with Crippen molar-refractivity contribution in [3.8, 4) is 0 Å². The van der Waals surface area contributed by atoms with E-state index in [0.717, 1.165) is 12.1 Å². The molecular weight excluding hydrogens is 387 g/mol. The van der Waals surface area contributed by atoms with Gasteiger partial charge in [0.1, 0.15) is 17.5 Å². The normalized spacial score (nSPS) is 10.6. The molecule has 1 nitrogen and oxygen atoms in total. The van der Waals surface area contributed by atoms with Crippen molar-refractivity contribution in [1.29, 1.82) is 0 Å². The number of hydrogen-bond donors (Lipinski definition) is 1. The second-order valence-corrected chi connectivity index (χ2v) is 5.56. The molecule has 2 aromatic carbocycles. The van der Waals surface area contributed by atoms with E-state index in [1.165, 1.54) is 6.07 Å². The van der Waals surface area contributed by atoms with E-state index in [9.17, 15) is 13.2 Å². The van der Waals surface area contributed by atoms with E-state index >= 15 is 0 Å². The van der Waals surface area contributed by atoms with E-state index in [1.807, 2.05) is 0 Å². The van der Waals surface area contributed by atoms with Gasteiger partial charge in [-0.05, 0) is 55.6 Å². The van der Waals surface area contributed by atoms with Crippen LogP contribution in [-0.4, -0.2) is 0 Å². The monoisotopic (exact) mass is 393 g/mol. The van der Waals surface area contributed by atoms with E-state index < -0.39 is 17.5 Å². The van der Waals surface area contributed by atoms with Crippen LogP contribution in [0, 0.1) is 17.5 Å². The molecule has 0 aliphatic carbocycles. The van der Waals surface area contributed by atoms with Gasteiger partial charge in [0.15, 0.2) is 0 Å². The van der Waals surface area contributed by atoms with Gasteiger partial charge >= 0.3 is 0 Å². The molecule has 0 saturated carbocycles. The van der Waals surface area contributed by atoms with Crippen molar-refractivity contribution in [2.24, 2.45) is 0 Å². The molecule has 0 heterocycles. The van der Waals surface area contributed by atoms with Gasteiger partial charge in [0.05, 0.1) is 14.6 Å². The summed E-state index contributed by atoms with van der Waals surface area (Å²) in [6, 6.07) is 6.66. The first-order chi connectivity index (χ1) is 8.97. The molecule has 0 amide bonds. The SMILES string of the molecule is Fc1cc(CNc2cc(F)c(Br)cc2F)ccc1Br. The molecule has 0 bridgehead atoms. The number of halogens is 5. The summed E-state index contributed by atoms with van der Waals surface area (Å²) in [5.41, 5.74) is 0.660. The molecule has 0 aliphatic rings. The lowest BCUT2D eigenvalue weighted by atomic mass is 10.2. The standard InChI is InChI=1S/C13H8Br2F3N/c14-8-2-1-7(3-10(8)16)6-19-13-5-11(17)9(15)4-12(13)18/h1-5,19H,6H2. The quantitative estimate of drug-likeness (QED) is 0.702. The highest BCUT2D eigenvalue weighted by atomic mass is 79.9. The fourth-order valence-corrected chi connectivity index (χ4v) is 2.07. The van der Waals surface area contributed by atoms with Gasteiger partial charge in [-0.3, -0.25) is 0 Å². The summed E-state index contributed by atoms with van der Waals surface area (Å²) < 4.78 is 40.5. The van der Waals surface area contributed by atoms with Gasteiger partial charge in [0, 0.05) is 12.6 Å². The summed E-state index contributed by atoms with van der Waals surface area (Å²) in [5, 5.41) is 2.73. The lowest BCUT2D eigenvalue weighted by Crippen LogP contribution is -2.02. The van der Waals surface area contributed by atoms with Gasteiger partial charge in [0.2, 0.25) is 0 Å². The maximum absolute atomic E-state index is 13.5. The van der Waals surface area contributed by atoms with Gasteiger partial charge in [0.25, 0.3) is 0 Å². The Labute approximate surface area is 125 Å². The Hall–Kier alpha value is -1.01. The molecule has 0 fully saturated rings. The molecule has 0 aliphatic heterocycles. The molecule has 100 valence electrons. The maximum atomic E-state index is 13.5. The minimum Gasteiger partial charge on any atom is -0.379 e. The summed E-state index contributed by atoms with van der Waals surface area (Å²) in [7, 11) is 0. The molecule has 19 heavy (non-hydrogen) atoms. The molecule has 0 atom stereocenters. The zero-order valence-electron chi connectivity index (χ0n) is 9.48. The van der Waals surface area contributed by atoms with Crippen LogP contribution in [-0.2, 0) is 6.54 Å². The second kappa shape index (κ2) is 5.96. The smallest absolute Gasteiger partial charge is 0.147 e. The Morgan fingerprint density at radius 2 is 1.53 bits per heavy atom. The number of anilines is 1. The van der Waals surface area contributed by atoms with Crippen molar-refractivity contribution in [3.05, 3.63) is 62.3 Å². The average Bonchev–Trinajstić information content (AvgIpc) is 2.36. The highest BCUT2D eigenvalue weighted by molar-refractivity contribution is 9.10. The summed E-state index contributed by atoms with van der Waals surface area (Å²) in [5.74, 6) is -1.54. The van der Waals surface area contributed by atoms with Crippen LogP contribution >= 0.6 is 31.9 Å². The Balaban J connectivity index is 2.14. The predicted molar refractivity (Wildman–Crippen MR) is 75.5 cm³/mol. The Morgan fingerprint density at radius 1 is 0.842 bits per heavy atom. The first kappa shape index (κ1) is 14.4. The zero-order chi connectivity index (χ0) is 14.0. The van der Waals surface area contributed by atoms with Crippen molar-refractivity contribution in [3.63, 3.8) is 0 Å². The van der Waals surface area contributed by atoms with Gasteiger partial charge in [-0.2, -0.15) is 0 Å². The number of rotatable bonds is 3. The average molecular weight is 395 g/mol. The van der Waals surface area contributed by atoms with Gasteiger partial charge in [-0.25, -0.2) is 13.2 Å². The van der Waals surface area contributed by atoms with Crippen molar-refractivity contribution in [2.45, 2.75) is 6.54 Å². The fourth-order valence-electron chi connectivity index (χ4n) is 1.50. The minimum absolute atomic E-state index is 0.0315. The van der Waals surface area contributed by atoms with Crippen LogP contribution in [0.25, 0.3) is 0 Å². The van der Waals surface area contributed by atoms with Crippen LogP contribution in [0.5, 0.6) is 0 Å². The molecule has 2 aromatic rings. The molecule has 2 rings (SSSR count). The van der Waals surface area contributed by atoms with Gasteiger partial charge in [-0.15, -0.1) is 0 Å². The van der Waals surface area contributed by atoms with Crippen LogP contribution in [0.3, 0.4) is 0 Å². The molecule has 0 unspecified atom stereocenters. The van der Waals surface area contributed by atoms with E-state index in [1.54, 1.807) is 12.1 Å². The summed E-state index contributed by atoms with van der Waals surface area (Å²) in [4.78, 5) is 0. The Kier molecular flexibility index (Phi) is 4.52. The van der Waals surface area contributed by atoms with Crippen LogP contribution in [0.4, 0.5) is 18.9 Å². The van der Waals surface area contributed by atoms with Crippen LogP contribution < -0.4 is 5.32 Å². The Morgan fingerprint density at radius 3 is 2.21 bits per heavy atom. The lowest BCUT2D eigenvalue weighted by molar-refractivity contribution is 0.596. The fraction of sp³-hybridized carbons (Fsp3) is 0.0769. The van der Waals surface area contributed by atoms with E-state index in [2.05, 4.69) is 37.2 Å². The zero-order valence-corrected chi connectivity index (χ0v) is 12.7. The molecular formula is C13H8Br2F3N. The predicted octanol–water partition coefficient (Wildman–Crippen LogP) is 5.24. The van der Waals surface area contributed by atoms with Crippen molar-refractivity contribution >= 4 is 37.5 Å². The van der Waals surface area contributed by atoms with Crippen molar-refractivity contribution in [1.82, 2.24) is 0 Å². The third-order valence-corrected chi connectivity index (χ3v) is 3.73. The van der Waals surface area contributed by atoms with Gasteiger partial charge < -0.3 is 5.32 Å². The third-order valence-electron chi connectivity index (χ3n) is 2.48. The minimum atomic E-state index is -0.578. The van der Waals surface area contributed by atoms with Crippen molar-refractivity contribution in [2.75, 3.05) is 5.32 Å². The van der Waals surface area contributed by atoms with Gasteiger partial charge in [-0.1, -0.05) is 6.07 Å². The summed E-state index contributed by atoms with van der Waals surface area (Å²) in [6.07, 6.45) is 0. The van der Waals surface area contributed by atoms with Crippen LogP contribution in [0.15, 0.2) is 39.3 Å². The van der Waals surface area contributed by atoms with Crippen LogP contribution in [0.1, 0.15) is 5.56 Å². The number of nitrogens with one attached hydrogen (secondary N) is 1. The first-order valence-electron chi connectivity index (χ1n) is 5.29. The molecule has 0 aromatic heterocycles. The van der Waals surface area contributed by atoms with E-state index in [-0.39, 0.29) is 16.7 Å². The molecule has 0 spiro atoms. The highest BCUT2D eigenvalue weighted by Gasteiger charge is 2.08. The summed E-state index contributed by atoms with van der Waals surface area (Å²) in [6.45, 7) is 0.197. The van der Waals surface area contributed by atoms with Crippen LogP contribution in [0.2, 0.25) is 0 Å². The molecule has 0 saturated heterocycles. The van der Waals surface area contributed by atoms with Crippen molar-refractivity contribution < 1.29 is 13.2 Å². The second-order valence-electron chi connectivity index (χ2n) is 3.85. The third kappa shape index (κ3) is 3.51.